The number of aliphatic carboxylic acids is 1. The Morgan fingerprint density at radius 2 is 1.60 bits per heavy atom. The molecule has 5 nitrogen and oxygen atoms in total. The quantitative estimate of drug-likeness (QED) is 0.888. The van der Waals surface area contributed by atoms with E-state index in [4.69, 9.17) is 5.11 Å². The molecule has 0 heterocycles. The molecule has 0 aliphatic carbocycles. The molecule has 1 atom stereocenters. The van der Waals surface area contributed by atoms with Crippen molar-refractivity contribution in [3.8, 4) is 0 Å². The summed E-state index contributed by atoms with van der Waals surface area (Å²) in [6.45, 7) is 6.06. The molecule has 0 aromatic heterocycles. The van der Waals surface area contributed by atoms with E-state index in [-0.39, 0.29) is 0 Å². The molecule has 0 fully saturated rings. The van der Waals surface area contributed by atoms with Crippen molar-refractivity contribution in [2.24, 2.45) is 11.1 Å². The Morgan fingerprint density at radius 1 is 1.20 bits per heavy atom. The van der Waals surface area contributed by atoms with Crippen molar-refractivity contribution in [3.05, 3.63) is 35.4 Å². The zero-order valence-electron chi connectivity index (χ0n) is 12.3. The van der Waals surface area contributed by atoms with Crippen LogP contribution in [0, 0.1) is 5.92 Å². The molecule has 0 bridgehead atoms. The maximum Gasteiger partial charge on any atom is 0.310 e. The Balaban J connectivity index is 0.000000621. The van der Waals surface area contributed by atoms with Crippen LogP contribution in [0.1, 0.15) is 37.8 Å². The lowest BCUT2D eigenvalue weighted by molar-refractivity contribution is -0.138. The van der Waals surface area contributed by atoms with Crippen LogP contribution >= 0.6 is 0 Å². The van der Waals surface area contributed by atoms with Crippen LogP contribution in [0.3, 0.4) is 0 Å². The maximum atomic E-state index is 10.8. The molecule has 0 saturated heterocycles. The van der Waals surface area contributed by atoms with E-state index in [0.717, 1.165) is 18.2 Å². The molecule has 0 aliphatic rings. The molecular formula is C14H23NO4S. The number of hydrogen-bond donors (Lipinski definition) is 2. The van der Waals surface area contributed by atoms with Crippen LogP contribution in [0.4, 0.5) is 0 Å². The minimum atomic E-state index is -3.17. The summed E-state index contributed by atoms with van der Waals surface area (Å²) in [4.78, 5) is 10.8. The third-order valence-electron chi connectivity index (χ3n) is 2.49. The third kappa shape index (κ3) is 9.52. The summed E-state index contributed by atoms with van der Waals surface area (Å²) in [5, 5.41) is 13.2. The fourth-order valence-electron chi connectivity index (χ4n) is 1.56. The Morgan fingerprint density at radius 3 is 1.90 bits per heavy atom. The first-order chi connectivity index (χ1) is 9.00. The minimum Gasteiger partial charge on any atom is -0.481 e. The molecule has 1 aromatic carbocycles. The normalized spacial score (nSPS) is 12.5. The second kappa shape index (κ2) is 8.01. The van der Waals surface area contributed by atoms with E-state index in [1.54, 1.807) is 6.92 Å². The molecule has 0 spiro atoms. The SMILES string of the molecule is CC(C)Cc1ccc([C@@H](C)C(=O)O)cc1.CS(N)(=O)=O. The van der Waals surface area contributed by atoms with Crippen LogP contribution in [-0.2, 0) is 21.2 Å². The highest BCUT2D eigenvalue weighted by Gasteiger charge is 2.12. The average Bonchev–Trinajstić information content (AvgIpc) is 2.26. The number of carboxylic acid groups (broad SMARTS) is 1. The first-order valence-electron chi connectivity index (χ1n) is 6.30. The molecule has 0 saturated carbocycles. The Bertz CT molecular complexity index is 513. The summed E-state index contributed by atoms with van der Waals surface area (Å²) in [5.41, 5.74) is 2.14. The number of sulfonamides is 1. The van der Waals surface area contributed by atoms with Gasteiger partial charge in [-0.25, -0.2) is 13.6 Å². The number of carbonyl (C=O) groups is 1. The van der Waals surface area contributed by atoms with Gasteiger partial charge in [-0.1, -0.05) is 38.1 Å². The standard InChI is InChI=1S/C13H18O2.CH5NO2S/c1-9(2)8-11-4-6-12(7-5-11)10(3)13(14)15;1-5(2,3)4/h4-7,9-10H,8H2,1-3H3,(H,14,15);1H3,(H2,2,3,4)/t10-;/m1./s1. The molecule has 6 heteroatoms. The van der Waals surface area contributed by atoms with E-state index < -0.39 is 21.9 Å². The van der Waals surface area contributed by atoms with Crippen molar-refractivity contribution in [1.82, 2.24) is 0 Å². The van der Waals surface area contributed by atoms with Crippen LogP contribution in [0.15, 0.2) is 24.3 Å². The van der Waals surface area contributed by atoms with Crippen molar-refractivity contribution < 1.29 is 18.3 Å². The van der Waals surface area contributed by atoms with Gasteiger partial charge in [0.15, 0.2) is 0 Å². The second-order valence-electron chi connectivity index (χ2n) is 5.23. The third-order valence-corrected chi connectivity index (χ3v) is 2.49. The lowest BCUT2D eigenvalue weighted by atomic mass is 9.97. The van der Waals surface area contributed by atoms with Crippen LogP contribution in [-0.4, -0.2) is 25.7 Å². The van der Waals surface area contributed by atoms with Gasteiger partial charge in [-0.15, -0.1) is 0 Å². The molecule has 0 aliphatic heterocycles. The van der Waals surface area contributed by atoms with Gasteiger partial charge in [-0.3, -0.25) is 4.79 Å². The number of hydrogen-bond acceptors (Lipinski definition) is 3. The van der Waals surface area contributed by atoms with E-state index in [0.29, 0.717) is 5.92 Å². The highest BCUT2D eigenvalue weighted by Crippen LogP contribution is 2.17. The van der Waals surface area contributed by atoms with E-state index in [9.17, 15) is 13.2 Å². The van der Waals surface area contributed by atoms with Crippen LogP contribution < -0.4 is 5.14 Å². The number of rotatable bonds is 4. The predicted molar refractivity (Wildman–Crippen MR) is 80.1 cm³/mol. The fourth-order valence-corrected chi connectivity index (χ4v) is 1.56. The molecule has 0 radical (unpaired) electrons. The van der Waals surface area contributed by atoms with Gasteiger partial charge in [0.05, 0.1) is 12.2 Å². The summed E-state index contributed by atoms with van der Waals surface area (Å²) in [6, 6.07) is 7.87. The van der Waals surface area contributed by atoms with Crippen molar-refractivity contribution in [2.45, 2.75) is 33.1 Å². The summed E-state index contributed by atoms with van der Waals surface area (Å²) < 4.78 is 18.8. The second-order valence-corrected chi connectivity index (χ2v) is 6.89. The molecular weight excluding hydrogens is 278 g/mol. The van der Waals surface area contributed by atoms with Crippen LogP contribution in [0.25, 0.3) is 0 Å². The van der Waals surface area contributed by atoms with Crippen molar-refractivity contribution in [1.29, 1.82) is 0 Å². The zero-order valence-corrected chi connectivity index (χ0v) is 13.1. The molecule has 20 heavy (non-hydrogen) atoms. The van der Waals surface area contributed by atoms with E-state index in [2.05, 4.69) is 19.0 Å². The predicted octanol–water partition coefficient (Wildman–Crippen LogP) is 1.98. The largest absolute Gasteiger partial charge is 0.481 e. The highest BCUT2D eigenvalue weighted by atomic mass is 32.2. The van der Waals surface area contributed by atoms with Gasteiger partial charge in [-0.05, 0) is 30.4 Å². The molecule has 3 N–H and O–H groups in total. The molecule has 1 aromatic rings. The number of carboxylic acids is 1. The van der Waals surface area contributed by atoms with Crippen molar-refractivity contribution >= 4 is 16.0 Å². The van der Waals surface area contributed by atoms with Gasteiger partial charge in [0.2, 0.25) is 10.0 Å². The zero-order chi connectivity index (χ0) is 15.9. The maximum absolute atomic E-state index is 10.8. The first-order valence-corrected chi connectivity index (χ1v) is 8.25. The van der Waals surface area contributed by atoms with E-state index in [1.165, 1.54) is 5.56 Å². The van der Waals surface area contributed by atoms with Gasteiger partial charge in [0.25, 0.3) is 0 Å². The highest BCUT2D eigenvalue weighted by molar-refractivity contribution is 7.88. The summed E-state index contributed by atoms with van der Waals surface area (Å²) in [6.07, 6.45) is 1.98. The van der Waals surface area contributed by atoms with Crippen molar-refractivity contribution in [3.63, 3.8) is 0 Å². The Hall–Kier alpha value is -1.40. The molecule has 114 valence electrons. The van der Waals surface area contributed by atoms with Crippen LogP contribution in [0.5, 0.6) is 0 Å². The first kappa shape index (κ1) is 18.6. The molecule has 1 rings (SSSR count). The molecule has 0 unspecified atom stereocenters. The van der Waals surface area contributed by atoms with Gasteiger partial charge in [0, 0.05) is 0 Å². The van der Waals surface area contributed by atoms with E-state index >= 15 is 0 Å². The summed E-state index contributed by atoms with van der Waals surface area (Å²) in [5.74, 6) is -0.558. The van der Waals surface area contributed by atoms with Gasteiger partial charge in [0.1, 0.15) is 0 Å². The van der Waals surface area contributed by atoms with Gasteiger partial charge in [-0.2, -0.15) is 0 Å². The van der Waals surface area contributed by atoms with E-state index in [1.807, 2.05) is 24.3 Å². The van der Waals surface area contributed by atoms with Crippen LogP contribution in [0.2, 0.25) is 0 Å². The fraction of sp³-hybridized carbons (Fsp3) is 0.500. The Labute approximate surface area is 120 Å². The molecule has 0 amide bonds. The summed E-state index contributed by atoms with van der Waals surface area (Å²) in [7, 11) is -3.17. The minimum absolute atomic E-state index is 0.418. The monoisotopic (exact) mass is 301 g/mol. The number of primary sulfonamides is 1. The van der Waals surface area contributed by atoms with Gasteiger partial charge < -0.3 is 5.11 Å². The average molecular weight is 301 g/mol. The Kier molecular flexibility index (Phi) is 7.45. The smallest absolute Gasteiger partial charge is 0.310 e. The topological polar surface area (TPSA) is 97.5 Å². The van der Waals surface area contributed by atoms with Crippen molar-refractivity contribution in [2.75, 3.05) is 6.26 Å². The number of nitrogens with two attached hydrogens (primary N) is 1. The van der Waals surface area contributed by atoms with Gasteiger partial charge >= 0.3 is 5.97 Å². The lowest BCUT2D eigenvalue weighted by Crippen LogP contribution is -2.07. The number of benzene rings is 1. The summed E-state index contributed by atoms with van der Waals surface area (Å²) >= 11 is 0. The lowest BCUT2D eigenvalue weighted by Gasteiger charge is -2.09.